The van der Waals surface area contributed by atoms with Gasteiger partial charge in [0, 0.05) is 22.8 Å². The van der Waals surface area contributed by atoms with Crippen molar-refractivity contribution in [1.29, 1.82) is 0 Å². The first-order valence-electron chi connectivity index (χ1n) is 9.55. The fraction of sp³-hybridized carbons (Fsp3) is 0. The molecule has 4 rings (SSSR count). The number of phenolic OH excluding ortho intramolecular Hbond substituents is 3. The van der Waals surface area contributed by atoms with Crippen LogP contribution in [-0.2, 0) is 10.1 Å². The Bertz CT molecular complexity index is 1550. The van der Waals surface area contributed by atoms with Gasteiger partial charge in [-0.2, -0.15) is 13.2 Å². The summed E-state index contributed by atoms with van der Waals surface area (Å²) in [5, 5.41) is 28.9. The van der Waals surface area contributed by atoms with E-state index in [2.05, 4.69) is 4.79 Å². The number of phenols is 3. The van der Waals surface area contributed by atoms with Gasteiger partial charge in [0.15, 0.2) is 17.3 Å². The second-order valence-electron chi connectivity index (χ2n) is 7.09. The van der Waals surface area contributed by atoms with Gasteiger partial charge >= 0.3 is 15.8 Å². The van der Waals surface area contributed by atoms with Crippen molar-refractivity contribution in [2.24, 2.45) is 0 Å². The van der Waals surface area contributed by atoms with E-state index >= 15 is 0 Å². The fourth-order valence-corrected chi connectivity index (χ4v) is 4.47. The smallest absolute Gasteiger partial charge is 0.362 e. The number of benzene rings is 3. The van der Waals surface area contributed by atoms with E-state index in [1.165, 1.54) is 54.6 Å². The second-order valence-corrected chi connectivity index (χ2v) is 8.60. The molecule has 0 aliphatic heterocycles. The van der Waals surface area contributed by atoms with Crippen molar-refractivity contribution < 1.29 is 42.3 Å². The minimum atomic E-state index is -4.40. The van der Waals surface area contributed by atoms with E-state index in [4.69, 9.17) is 9.71 Å². The molecule has 0 spiro atoms. The molecule has 1 aliphatic carbocycles. The summed E-state index contributed by atoms with van der Waals surface area (Å²) < 4.78 is 30.9. The number of aromatic hydroxyl groups is 3. The lowest BCUT2D eigenvalue weighted by Crippen LogP contribution is -2.20. The molecule has 0 bridgehead atoms. The summed E-state index contributed by atoms with van der Waals surface area (Å²) in [5.74, 6) is -3.70. The van der Waals surface area contributed by atoms with Crippen LogP contribution in [0.2, 0.25) is 0 Å². The summed E-state index contributed by atoms with van der Waals surface area (Å²) >= 11 is 0. The van der Waals surface area contributed by atoms with Crippen molar-refractivity contribution in [3.63, 3.8) is 0 Å². The molecule has 0 saturated heterocycles. The van der Waals surface area contributed by atoms with Gasteiger partial charge in [0.25, 0.3) is 5.78 Å². The van der Waals surface area contributed by atoms with Crippen LogP contribution in [0.3, 0.4) is 0 Å². The highest BCUT2D eigenvalue weighted by atomic mass is 32.2. The summed E-state index contributed by atoms with van der Waals surface area (Å²) in [5.41, 5.74) is 8.54. The molecular formula is C23H14N2O8S. The van der Waals surface area contributed by atoms with Crippen molar-refractivity contribution in [1.82, 2.24) is 0 Å². The topological polar surface area (TPSA) is 175 Å². The Labute approximate surface area is 192 Å². The number of Topliss-reactive ketones (excluding diaryl/α,β-unsaturated/α-hetero) is 1. The van der Waals surface area contributed by atoms with Crippen LogP contribution in [0.5, 0.6) is 23.0 Å². The lowest BCUT2D eigenvalue weighted by molar-refractivity contribution is -0.00436. The van der Waals surface area contributed by atoms with Crippen LogP contribution >= 0.6 is 0 Å². The van der Waals surface area contributed by atoms with Crippen LogP contribution < -0.4 is 4.18 Å². The van der Waals surface area contributed by atoms with Crippen LogP contribution in [0.1, 0.15) is 31.8 Å². The zero-order valence-electron chi connectivity index (χ0n) is 17.0. The quantitative estimate of drug-likeness (QED) is 0.165. The highest BCUT2D eigenvalue weighted by molar-refractivity contribution is 7.87. The minimum Gasteiger partial charge on any atom is -0.504 e. The lowest BCUT2D eigenvalue weighted by atomic mass is 9.95. The fourth-order valence-electron chi connectivity index (χ4n) is 3.33. The number of fused-ring (bicyclic) bond motifs is 1. The molecule has 0 saturated carbocycles. The van der Waals surface area contributed by atoms with E-state index in [0.29, 0.717) is 0 Å². The number of hydrogen-bond acceptors (Lipinski definition) is 8. The van der Waals surface area contributed by atoms with E-state index in [0.717, 1.165) is 12.1 Å². The SMILES string of the molecule is [N-]=[N+]=C1C=Cc2c(cccc2S(=O)(=O)Oc2ccc(C(=O)c3ccc(O)c(O)c3O)cc2)C1=O. The van der Waals surface area contributed by atoms with Gasteiger partial charge in [0.2, 0.25) is 5.75 Å². The van der Waals surface area contributed by atoms with Crippen molar-refractivity contribution in [3.8, 4) is 23.0 Å². The van der Waals surface area contributed by atoms with Gasteiger partial charge < -0.3 is 25.0 Å². The Balaban J connectivity index is 1.62. The summed E-state index contributed by atoms with van der Waals surface area (Å²) in [7, 11) is -4.40. The monoisotopic (exact) mass is 478 g/mol. The molecule has 170 valence electrons. The Morgan fingerprint density at radius 3 is 2.29 bits per heavy atom. The normalized spacial score (nSPS) is 12.7. The van der Waals surface area contributed by atoms with Crippen LogP contribution in [0, 0.1) is 0 Å². The Kier molecular flexibility index (Phi) is 5.50. The van der Waals surface area contributed by atoms with Gasteiger partial charge in [-0.15, -0.1) is 0 Å². The number of ketones is 2. The molecule has 3 aromatic rings. The Morgan fingerprint density at radius 1 is 0.912 bits per heavy atom. The zero-order valence-corrected chi connectivity index (χ0v) is 17.9. The zero-order chi connectivity index (χ0) is 24.6. The Morgan fingerprint density at radius 2 is 1.62 bits per heavy atom. The third kappa shape index (κ3) is 3.81. The predicted octanol–water partition coefficient (Wildman–Crippen LogP) is 2.68. The molecule has 0 fully saturated rings. The molecular weight excluding hydrogens is 464 g/mol. The van der Waals surface area contributed by atoms with Crippen molar-refractivity contribution in [2.75, 3.05) is 0 Å². The van der Waals surface area contributed by atoms with Gasteiger partial charge in [-0.25, -0.2) is 0 Å². The lowest BCUT2D eigenvalue weighted by Gasteiger charge is -2.13. The predicted molar refractivity (Wildman–Crippen MR) is 118 cm³/mol. The molecule has 0 atom stereocenters. The first-order valence-corrected chi connectivity index (χ1v) is 11.0. The minimum absolute atomic E-state index is 0.0258. The van der Waals surface area contributed by atoms with Gasteiger partial charge in [-0.05, 0) is 48.5 Å². The molecule has 0 radical (unpaired) electrons. The van der Waals surface area contributed by atoms with E-state index in [1.807, 2.05) is 0 Å². The standard InChI is InChI=1S/C23H14N2O8S/c24-25-17-10-8-14-15(21(17)28)2-1-3-19(14)34(31,32)33-13-6-4-12(5-7-13)20(27)16-9-11-18(26)23(30)22(16)29/h1-11,26,29-30H. The third-order valence-corrected chi connectivity index (χ3v) is 6.33. The average Bonchev–Trinajstić information content (AvgIpc) is 2.82. The van der Waals surface area contributed by atoms with Crippen LogP contribution in [-0.4, -0.2) is 45.8 Å². The highest BCUT2D eigenvalue weighted by Gasteiger charge is 2.31. The molecule has 3 N–H and O–H groups in total. The first-order chi connectivity index (χ1) is 16.1. The number of allylic oxidation sites excluding steroid dienone is 1. The summed E-state index contributed by atoms with van der Waals surface area (Å²) in [6, 6.07) is 11.1. The number of carbonyl (C=O) groups is 2. The molecule has 0 unspecified atom stereocenters. The number of rotatable bonds is 5. The number of hydrogen-bond donors (Lipinski definition) is 3. The van der Waals surface area contributed by atoms with Gasteiger partial charge in [-0.1, -0.05) is 12.1 Å². The van der Waals surface area contributed by atoms with Crippen molar-refractivity contribution in [3.05, 3.63) is 88.5 Å². The van der Waals surface area contributed by atoms with Crippen LogP contribution in [0.15, 0.2) is 65.6 Å². The Hall–Kier alpha value is -4.73. The molecule has 0 heterocycles. The van der Waals surface area contributed by atoms with E-state index in [1.54, 1.807) is 0 Å². The van der Waals surface area contributed by atoms with Gasteiger partial charge in [0.05, 0.1) is 5.56 Å². The summed E-state index contributed by atoms with van der Waals surface area (Å²) in [6.07, 6.45) is 2.50. The van der Waals surface area contributed by atoms with E-state index in [9.17, 15) is 33.3 Å². The van der Waals surface area contributed by atoms with Crippen molar-refractivity contribution >= 4 is 33.5 Å². The molecule has 10 nitrogen and oxygen atoms in total. The second kappa shape index (κ2) is 8.32. The van der Waals surface area contributed by atoms with Gasteiger partial charge in [0.1, 0.15) is 10.6 Å². The van der Waals surface area contributed by atoms with Crippen molar-refractivity contribution in [2.45, 2.75) is 4.90 Å². The summed E-state index contributed by atoms with van der Waals surface area (Å²) in [6.45, 7) is 0. The summed E-state index contributed by atoms with van der Waals surface area (Å²) in [4.78, 5) is 27.5. The molecule has 3 aromatic carbocycles. The largest absolute Gasteiger partial charge is 0.504 e. The highest BCUT2D eigenvalue weighted by Crippen LogP contribution is 2.38. The first kappa shape index (κ1) is 22.5. The van der Waals surface area contributed by atoms with E-state index < -0.39 is 38.9 Å². The van der Waals surface area contributed by atoms with E-state index in [-0.39, 0.29) is 38.6 Å². The number of nitrogens with zero attached hydrogens (tertiary/aromatic N) is 2. The maximum Gasteiger partial charge on any atom is 0.362 e. The molecule has 0 aromatic heterocycles. The van der Waals surface area contributed by atoms with Crippen LogP contribution in [0.4, 0.5) is 0 Å². The maximum atomic E-state index is 12.9. The van der Waals surface area contributed by atoms with Gasteiger partial charge in [-0.3, -0.25) is 9.59 Å². The average molecular weight is 478 g/mol. The number of carbonyl (C=O) groups excluding carboxylic acids is 2. The molecule has 11 heteroatoms. The maximum absolute atomic E-state index is 12.9. The molecule has 1 aliphatic rings. The molecule has 0 amide bonds. The van der Waals surface area contributed by atoms with Crippen LogP contribution in [0.25, 0.3) is 11.6 Å². The third-order valence-electron chi connectivity index (χ3n) is 5.03. The molecule has 34 heavy (non-hydrogen) atoms.